The first-order chi connectivity index (χ1) is 13.2. The summed E-state index contributed by atoms with van der Waals surface area (Å²) >= 11 is 1.35. The number of nitrogens with zero attached hydrogens (tertiary/aromatic N) is 2. The molecule has 0 radical (unpaired) electrons. The smallest absolute Gasteiger partial charge is 0.250 e. The highest BCUT2D eigenvalue weighted by Crippen LogP contribution is 2.32. The molecule has 1 aliphatic rings. The van der Waals surface area contributed by atoms with Gasteiger partial charge in [-0.3, -0.25) is 10.1 Å². The van der Waals surface area contributed by atoms with Crippen LogP contribution in [0.15, 0.2) is 24.3 Å². The molecule has 1 amide bonds. The molecule has 27 heavy (non-hydrogen) atoms. The third kappa shape index (κ3) is 5.27. The van der Waals surface area contributed by atoms with E-state index < -0.39 is 0 Å². The van der Waals surface area contributed by atoms with Gasteiger partial charge in [-0.25, -0.2) is 0 Å². The first-order valence-corrected chi connectivity index (χ1v) is 9.85. The number of nitrogens with one attached hydrogen (secondary N) is 1. The topological polar surface area (TPSA) is 82.6 Å². The van der Waals surface area contributed by atoms with E-state index in [0.717, 1.165) is 30.0 Å². The Morgan fingerprint density at radius 2 is 2.11 bits per heavy atom. The molecule has 8 heteroatoms. The maximum absolute atomic E-state index is 12.2. The molecule has 0 saturated carbocycles. The van der Waals surface area contributed by atoms with E-state index in [1.54, 1.807) is 6.08 Å². The predicted octanol–water partition coefficient (Wildman–Crippen LogP) is 3.84. The molecule has 1 aromatic heterocycles. The van der Waals surface area contributed by atoms with Crippen LogP contribution in [-0.4, -0.2) is 35.9 Å². The minimum Gasteiger partial charge on any atom is -0.490 e. The zero-order valence-electron chi connectivity index (χ0n) is 15.4. The molecule has 1 atom stereocenters. The van der Waals surface area contributed by atoms with Crippen molar-refractivity contribution in [3.05, 3.63) is 34.8 Å². The van der Waals surface area contributed by atoms with Crippen LogP contribution in [0.5, 0.6) is 11.5 Å². The van der Waals surface area contributed by atoms with Gasteiger partial charge in [0, 0.05) is 12.7 Å². The molecule has 144 valence electrons. The number of benzene rings is 1. The van der Waals surface area contributed by atoms with Gasteiger partial charge in [-0.05, 0) is 50.5 Å². The molecule has 0 unspecified atom stereocenters. The Morgan fingerprint density at radius 3 is 2.85 bits per heavy atom. The molecule has 2 aromatic rings. The van der Waals surface area contributed by atoms with E-state index in [2.05, 4.69) is 15.5 Å². The molecular weight excluding hydrogens is 366 g/mol. The Morgan fingerprint density at radius 1 is 1.30 bits per heavy atom. The number of hydrogen-bond acceptors (Lipinski definition) is 7. The van der Waals surface area contributed by atoms with Crippen molar-refractivity contribution >= 4 is 28.5 Å². The standard InChI is InChI=1S/C19H23N3O4S/c1-3-24-14-9-7-13(12-16(14)25-4-2)8-10-17(23)20-19-22-21-18(27-19)15-6-5-11-26-15/h7-10,12,15H,3-6,11H2,1-2H3,(H,20,22,23)/b10-8-/t15-/m0/s1. The zero-order valence-corrected chi connectivity index (χ0v) is 16.3. The fourth-order valence-corrected chi connectivity index (χ4v) is 3.51. The zero-order chi connectivity index (χ0) is 19.1. The van der Waals surface area contributed by atoms with Crippen LogP contribution in [0.1, 0.15) is 43.4 Å². The van der Waals surface area contributed by atoms with E-state index in [9.17, 15) is 4.79 Å². The van der Waals surface area contributed by atoms with Gasteiger partial charge in [0.05, 0.1) is 13.2 Å². The van der Waals surface area contributed by atoms with Crippen LogP contribution < -0.4 is 14.8 Å². The predicted molar refractivity (Wildman–Crippen MR) is 104 cm³/mol. The van der Waals surface area contributed by atoms with Crippen LogP contribution >= 0.6 is 11.3 Å². The molecule has 0 bridgehead atoms. The third-order valence-corrected chi connectivity index (χ3v) is 4.80. The van der Waals surface area contributed by atoms with Crippen molar-refractivity contribution in [1.29, 1.82) is 0 Å². The molecule has 1 aliphatic heterocycles. The molecular formula is C19H23N3O4S. The number of hydrogen-bond donors (Lipinski definition) is 1. The van der Waals surface area contributed by atoms with E-state index in [0.29, 0.717) is 29.8 Å². The maximum Gasteiger partial charge on any atom is 0.250 e. The second-order valence-electron chi connectivity index (χ2n) is 5.84. The van der Waals surface area contributed by atoms with Gasteiger partial charge in [-0.1, -0.05) is 17.4 Å². The first-order valence-electron chi connectivity index (χ1n) is 9.03. The van der Waals surface area contributed by atoms with Crippen LogP contribution in [0, 0.1) is 0 Å². The molecule has 2 heterocycles. The quantitative estimate of drug-likeness (QED) is 0.691. The molecule has 0 aliphatic carbocycles. The van der Waals surface area contributed by atoms with E-state index in [1.807, 2.05) is 32.0 Å². The summed E-state index contributed by atoms with van der Waals surface area (Å²) in [5, 5.41) is 12.1. The second kappa shape index (κ2) is 9.48. The van der Waals surface area contributed by atoms with Crippen LogP contribution in [0.2, 0.25) is 0 Å². The number of carbonyl (C=O) groups is 1. The van der Waals surface area contributed by atoms with Gasteiger partial charge >= 0.3 is 0 Å². The number of carbonyl (C=O) groups excluding carboxylic acids is 1. The summed E-state index contributed by atoms with van der Waals surface area (Å²) in [5.41, 5.74) is 0.842. The summed E-state index contributed by atoms with van der Waals surface area (Å²) in [4.78, 5) is 12.2. The van der Waals surface area contributed by atoms with Crippen molar-refractivity contribution in [2.24, 2.45) is 0 Å². The summed E-state index contributed by atoms with van der Waals surface area (Å²) in [7, 11) is 0. The van der Waals surface area contributed by atoms with Gasteiger partial charge in [-0.2, -0.15) is 0 Å². The van der Waals surface area contributed by atoms with Crippen LogP contribution in [0.25, 0.3) is 6.08 Å². The van der Waals surface area contributed by atoms with Crippen molar-refractivity contribution in [1.82, 2.24) is 10.2 Å². The molecule has 1 aromatic carbocycles. The molecule has 1 N–H and O–H groups in total. The monoisotopic (exact) mass is 389 g/mol. The fraction of sp³-hybridized carbons (Fsp3) is 0.421. The molecule has 7 nitrogen and oxygen atoms in total. The summed E-state index contributed by atoms with van der Waals surface area (Å²) in [6.07, 6.45) is 5.15. The van der Waals surface area contributed by atoms with E-state index in [4.69, 9.17) is 14.2 Å². The summed E-state index contributed by atoms with van der Waals surface area (Å²) in [6.45, 7) is 5.69. The minimum absolute atomic E-state index is 0.00420. The Balaban J connectivity index is 1.61. The normalized spacial score (nSPS) is 16.6. The average molecular weight is 389 g/mol. The molecule has 3 rings (SSSR count). The van der Waals surface area contributed by atoms with Crippen LogP contribution in [0.3, 0.4) is 0 Å². The van der Waals surface area contributed by atoms with Gasteiger partial charge in [0.2, 0.25) is 11.0 Å². The number of aromatic nitrogens is 2. The van der Waals surface area contributed by atoms with Crippen molar-refractivity contribution in [3.63, 3.8) is 0 Å². The lowest BCUT2D eigenvalue weighted by atomic mass is 10.2. The minimum atomic E-state index is -0.267. The van der Waals surface area contributed by atoms with Crippen molar-refractivity contribution < 1.29 is 19.0 Å². The van der Waals surface area contributed by atoms with Gasteiger partial charge < -0.3 is 14.2 Å². The molecule has 1 fully saturated rings. The molecule has 1 saturated heterocycles. The Kier molecular flexibility index (Phi) is 6.78. The van der Waals surface area contributed by atoms with Crippen molar-refractivity contribution in [2.75, 3.05) is 25.1 Å². The SMILES string of the molecule is CCOc1ccc(/C=C\C(=O)Nc2nnc([C@@H]3CCCO3)s2)cc1OCC. The lowest BCUT2D eigenvalue weighted by Gasteiger charge is -2.11. The lowest BCUT2D eigenvalue weighted by Crippen LogP contribution is -2.07. The lowest BCUT2D eigenvalue weighted by molar-refractivity contribution is -0.111. The summed E-state index contributed by atoms with van der Waals surface area (Å²) in [6, 6.07) is 5.56. The highest BCUT2D eigenvalue weighted by molar-refractivity contribution is 7.15. The number of ether oxygens (including phenoxy) is 3. The Bertz CT molecular complexity index is 800. The van der Waals surface area contributed by atoms with Crippen LogP contribution in [0.4, 0.5) is 5.13 Å². The maximum atomic E-state index is 12.2. The fourth-order valence-electron chi connectivity index (χ4n) is 2.68. The second-order valence-corrected chi connectivity index (χ2v) is 6.85. The Hall–Kier alpha value is -2.45. The van der Waals surface area contributed by atoms with Gasteiger partial charge in [0.25, 0.3) is 0 Å². The highest BCUT2D eigenvalue weighted by atomic mass is 32.1. The van der Waals surface area contributed by atoms with Crippen LogP contribution in [-0.2, 0) is 9.53 Å². The first kappa shape index (κ1) is 19.3. The average Bonchev–Trinajstić information content (AvgIpc) is 3.34. The largest absolute Gasteiger partial charge is 0.490 e. The van der Waals surface area contributed by atoms with Gasteiger partial charge in [-0.15, -0.1) is 10.2 Å². The van der Waals surface area contributed by atoms with Gasteiger partial charge in [0.15, 0.2) is 11.5 Å². The third-order valence-electron chi connectivity index (χ3n) is 3.87. The number of rotatable bonds is 8. The van der Waals surface area contributed by atoms with Gasteiger partial charge in [0.1, 0.15) is 11.1 Å². The van der Waals surface area contributed by atoms with Crippen molar-refractivity contribution in [3.8, 4) is 11.5 Å². The molecule has 0 spiro atoms. The highest BCUT2D eigenvalue weighted by Gasteiger charge is 2.22. The summed E-state index contributed by atoms with van der Waals surface area (Å²) < 4.78 is 16.7. The van der Waals surface area contributed by atoms with E-state index in [-0.39, 0.29) is 12.0 Å². The Labute approximate surface area is 162 Å². The summed E-state index contributed by atoms with van der Waals surface area (Å²) in [5.74, 6) is 1.08. The van der Waals surface area contributed by atoms with Crippen molar-refractivity contribution in [2.45, 2.75) is 32.8 Å². The van der Waals surface area contributed by atoms with E-state index in [1.165, 1.54) is 17.4 Å². The van der Waals surface area contributed by atoms with E-state index >= 15 is 0 Å². The number of anilines is 1. The number of amides is 1.